The van der Waals surface area contributed by atoms with E-state index in [9.17, 15) is 0 Å². The fourth-order valence-electron chi connectivity index (χ4n) is 0. The van der Waals surface area contributed by atoms with E-state index in [4.69, 9.17) is 0 Å². The van der Waals surface area contributed by atoms with Gasteiger partial charge in [0.1, 0.15) is 0 Å². The largest absolute Gasteiger partial charge is 1.00 e. The molecule has 4 heavy (non-hydrogen) atoms. The molecule has 0 aliphatic carbocycles. The average molecular weight is 99.5 g/mol. The van der Waals surface area contributed by atoms with Crippen molar-refractivity contribution in [2.45, 2.75) is 0 Å². The molecule has 4 heteroatoms. The van der Waals surface area contributed by atoms with Crippen LogP contribution in [0.25, 0.3) is 0 Å². The Bertz CT molecular complexity index is 6.00. The van der Waals surface area contributed by atoms with Crippen LogP contribution >= 0.6 is 0 Å². The van der Waals surface area contributed by atoms with Crippen LogP contribution < -0.4 is 18.6 Å². The Morgan fingerprint density at radius 3 is 0.750 bits per heavy atom. The van der Waals surface area contributed by atoms with Gasteiger partial charge in [-0.15, -0.1) is 0 Å². The van der Waals surface area contributed by atoms with Gasteiger partial charge in [0.05, 0.1) is 0 Å². The van der Waals surface area contributed by atoms with Crippen molar-refractivity contribution in [2.75, 3.05) is 0 Å². The third-order valence-electron chi connectivity index (χ3n) is 0. The first-order valence-corrected chi connectivity index (χ1v) is 0. The minimum absolute atomic E-state index is 0. The maximum Gasteiger partial charge on any atom is 0 e. The van der Waals surface area contributed by atoms with Gasteiger partial charge in [0.2, 0.25) is 0 Å². The Morgan fingerprint density at radius 1 is 0.750 bits per heavy atom. The van der Waals surface area contributed by atoms with E-state index >= 15 is 0 Å². The molecule has 0 unspecified atom stereocenters. The van der Waals surface area contributed by atoms with Crippen LogP contribution in [0.1, 0.15) is 0 Å². The summed E-state index contributed by atoms with van der Waals surface area (Å²) >= 11 is 0. The van der Waals surface area contributed by atoms with E-state index in [0.29, 0.717) is 0 Å². The molecule has 18 valence electrons. The normalized spacial score (nSPS) is 0. The van der Waals surface area contributed by atoms with Gasteiger partial charge in [0.25, 0.3) is 0 Å². The quantitative estimate of drug-likeness (QED) is 0.308. The van der Waals surface area contributed by atoms with E-state index in [1.807, 2.05) is 0 Å². The third kappa shape index (κ3) is 8.87. The second-order valence-electron chi connectivity index (χ2n) is 0. The number of halogens is 1. The minimum Gasteiger partial charge on any atom is -1.00 e. The zero-order valence-corrected chi connectivity index (χ0v) is 8.13. The van der Waals surface area contributed by atoms with Crippen molar-refractivity contribution in [2.24, 2.45) is 0 Å². The van der Waals surface area contributed by atoms with E-state index in [1.165, 1.54) is 0 Å². The van der Waals surface area contributed by atoms with Crippen LogP contribution in [-0.2, 0) is 0 Å². The van der Waals surface area contributed by atoms with Crippen molar-refractivity contribution in [1.29, 1.82) is 0 Å². The number of quaternary nitrogens is 1. The number of hydrogen-bond acceptors (Lipinski definition) is 0. The molecule has 1 nitrogen and oxygen atoms in total. The average Bonchev–Trinajstić information content (AvgIpc) is 0. The van der Waals surface area contributed by atoms with Gasteiger partial charge in [-0.1, -0.05) is 0 Å². The Morgan fingerprint density at radius 2 is 0.750 bits per heavy atom. The summed E-state index contributed by atoms with van der Waals surface area (Å²) in [5.74, 6) is 0. The van der Waals surface area contributed by atoms with Crippen LogP contribution in [0, 0.1) is 0 Å². The molecule has 0 aromatic rings. The monoisotopic (exact) mass is 99.0 g/mol. The van der Waals surface area contributed by atoms with Gasteiger partial charge in [-0.25, -0.2) is 0 Å². The first kappa shape index (κ1) is 34.0. The number of rotatable bonds is 0. The van der Waals surface area contributed by atoms with Crippen LogP contribution in [0.5, 0.6) is 0 Å². The van der Waals surface area contributed by atoms with Crippen LogP contribution in [0.15, 0.2) is 0 Å². The molecule has 0 saturated carbocycles. The van der Waals surface area contributed by atoms with Crippen molar-refractivity contribution in [3.8, 4) is 0 Å². The van der Waals surface area contributed by atoms with E-state index < -0.39 is 0 Å². The molecule has 0 heterocycles. The fourth-order valence-corrected chi connectivity index (χ4v) is 0. The zero-order chi connectivity index (χ0) is 0. The van der Waals surface area contributed by atoms with Gasteiger partial charge in [-0.2, -0.15) is 0 Å². The molecule has 0 amide bonds. The van der Waals surface area contributed by atoms with Gasteiger partial charge in [-0.05, 0) is 0 Å². The van der Waals surface area contributed by atoms with Crippen molar-refractivity contribution >= 4 is 59.1 Å². The Kier molecular flexibility index (Phi) is 159. The Labute approximate surface area is 76.5 Å². The second-order valence-corrected chi connectivity index (χ2v) is 0. The summed E-state index contributed by atoms with van der Waals surface area (Å²) in [5, 5.41) is 0. The topological polar surface area (TPSA) is 36.5 Å². The maximum absolute atomic E-state index is 0. The van der Waals surface area contributed by atoms with Gasteiger partial charge in [0, 0.05) is 59.1 Å². The summed E-state index contributed by atoms with van der Waals surface area (Å²) in [5.41, 5.74) is 0. The molecule has 0 spiro atoms. The molecule has 0 aliphatic rings. The van der Waals surface area contributed by atoms with Crippen LogP contribution in [0.4, 0.5) is 0 Å². The standard InChI is InChI=1S/ClH.H3N.2Na/h1H;1H3;;. The molecule has 0 rings (SSSR count). The van der Waals surface area contributed by atoms with Crippen LogP contribution in [0.2, 0.25) is 0 Å². The summed E-state index contributed by atoms with van der Waals surface area (Å²) in [6, 6.07) is 0. The van der Waals surface area contributed by atoms with E-state index in [0.717, 1.165) is 0 Å². The van der Waals surface area contributed by atoms with Gasteiger partial charge in [-0.3, -0.25) is 0 Å². The van der Waals surface area contributed by atoms with Crippen molar-refractivity contribution < 1.29 is 12.4 Å². The summed E-state index contributed by atoms with van der Waals surface area (Å²) in [6.07, 6.45) is 0. The predicted molar refractivity (Wildman–Crippen MR) is 17.5 cm³/mol. The molecule has 0 fully saturated rings. The summed E-state index contributed by atoms with van der Waals surface area (Å²) in [6.45, 7) is 0. The van der Waals surface area contributed by atoms with Gasteiger partial charge < -0.3 is 18.6 Å². The Hall–Kier alpha value is 2.25. The SMILES string of the molecule is [Cl-].[NH4+].[Na].[Na]. The van der Waals surface area contributed by atoms with E-state index in [-0.39, 0.29) is 77.7 Å². The fraction of sp³-hybridized carbons (Fsp3) is 0. The molecular weight excluding hydrogens is 95.4 g/mol. The molecule has 0 aliphatic heterocycles. The molecule has 0 bridgehead atoms. The molecular formula is H4ClNNa2. The molecule has 0 aromatic heterocycles. The second kappa shape index (κ2) is 18.7. The van der Waals surface area contributed by atoms with Crippen LogP contribution in [0.3, 0.4) is 0 Å². The van der Waals surface area contributed by atoms with E-state index in [1.54, 1.807) is 0 Å². The van der Waals surface area contributed by atoms with Crippen molar-refractivity contribution in [1.82, 2.24) is 6.15 Å². The summed E-state index contributed by atoms with van der Waals surface area (Å²) in [4.78, 5) is 0. The predicted octanol–water partition coefficient (Wildman–Crippen LogP) is -3.38. The van der Waals surface area contributed by atoms with Crippen molar-refractivity contribution in [3.05, 3.63) is 0 Å². The molecule has 2 radical (unpaired) electrons. The zero-order valence-electron chi connectivity index (χ0n) is 3.38. The Balaban J connectivity index is 0. The summed E-state index contributed by atoms with van der Waals surface area (Å²) in [7, 11) is 0. The first-order valence-electron chi connectivity index (χ1n) is 0. The molecule has 0 atom stereocenters. The molecule has 0 saturated heterocycles. The molecule has 4 N–H and O–H groups in total. The maximum atomic E-state index is 0. The molecule has 0 aromatic carbocycles. The summed E-state index contributed by atoms with van der Waals surface area (Å²) < 4.78 is 0. The van der Waals surface area contributed by atoms with E-state index in [2.05, 4.69) is 0 Å². The smallest absolute Gasteiger partial charge is 0 e. The van der Waals surface area contributed by atoms with Crippen molar-refractivity contribution in [3.63, 3.8) is 0 Å². The number of hydrogen-bond donors (Lipinski definition) is 1. The van der Waals surface area contributed by atoms with Crippen LogP contribution in [-0.4, -0.2) is 59.1 Å². The minimum atomic E-state index is 0. The third-order valence-corrected chi connectivity index (χ3v) is 0. The first-order chi connectivity index (χ1) is 0. The van der Waals surface area contributed by atoms with Gasteiger partial charge >= 0.3 is 0 Å². The van der Waals surface area contributed by atoms with Gasteiger partial charge in [0.15, 0.2) is 0 Å².